The van der Waals surface area contributed by atoms with E-state index in [0.29, 0.717) is 25.1 Å². The van der Waals surface area contributed by atoms with E-state index in [-0.39, 0.29) is 22.7 Å². The van der Waals surface area contributed by atoms with Crippen molar-refractivity contribution in [1.29, 1.82) is 0 Å². The molecule has 112 valence electrons. The first-order valence-electron chi connectivity index (χ1n) is 6.35. The summed E-state index contributed by atoms with van der Waals surface area (Å²) in [5.74, 6) is -1.19. The highest BCUT2D eigenvalue weighted by Crippen LogP contribution is 2.28. The lowest BCUT2D eigenvalue weighted by Gasteiger charge is -2.29. The molecule has 0 spiro atoms. The predicted octanol–water partition coefficient (Wildman–Crippen LogP) is 0.475. The Labute approximate surface area is 117 Å². The Balaban J connectivity index is 2.47. The molecule has 1 atom stereocenters. The number of carboxylic acid groups (broad SMARTS) is 1. The van der Waals surface area contributed by atoms with E-state index in [2.05, 4.69) is 4.98 Å². The minimum Gasteiger partial charge on any atom is -0.477 e. The SMILES string of the molecule is Cc1[nH]c(C(=O)O)c(C)c1S(=O)(=O)N1CCC[C@H](O)C1. The fraction of sp³-hybridized carbons (Fsp3) is 0.583. The van der Waals surface area contributed by atoms with Gasteiger partial charge >= 0.3 is 5.97 Å². The van der Waals surface area contributed by atoms with Crippen LogP contribution in [0.5, 0.6) is 0 Å². The average molecular weight is 302 g/mol. The van der Waals surface area contributed by atoms with Crippen molar-refractivity contribution in [3.8, 4) is 0 Å². The van der Waals surface area contributed by atoms with Crippen LogP contribution >= 0.6 is 0 Å². The van der Waals surface area contributed by atoms with E-state index in [4.69, 9.17) is 5.11 Å². The third-order valence-electron chi connectivity index (χ3n) is 3.54. The summed E-state index contributed by atoms with van der Waals surface area (Å²) < 4.78 is 26.4. The van der Waals surface area contributed by atoms with Crippen LogP contribution in [-0.4, -0.2) is 53.1 Å². The summed E-state index contributed by atoms with van der Waals surface area (Å²) in [5.41, 5.74) is 0.397. The number of aliphatic hydroxyl groups excluding tert-OH is 1. The normalized spacial score (nSPS) is 21.1. The van der Waals surface area contributed by atoms with Gasteiger partial charge in [-0.2, -0.15) is 4.31 Å². The molecule has 1 aromatic heterocycles. The van der Waals surface area contributed by atoms with Crippen molar-refractivity contribution in [2.75, 3.05) is 13.1 Å². The number of sulfonamides is 1. The molecule has 0 aliphatic carbocycles. The maximum absolute atomic E-state index is 12.6. The van der Waals surface area contributed by atoms with E-state index in [9.17, 15) is 18.3 Å². The van der Waals surface area contributed by atoms with Gasteiger partial charge in [0.15, 0.2) is 0 Å². The molecule has 2 heterocycles. The van der Waals surface area contributed by atoms with Crippen molar-refractivity contribution in [1.82, 2.24) is 9.29 Å². The molecule has 1 aliphatic rings. The Morgan fingerprint density at radius 1 is 1.40 bits per heavy atom. The van der Waals surface area contributed by atoms with Crippen LogP contribution in [0.1, 0.15) is 34.6 Å². The number of aromatic nitrogens is 1. The number of hydrogen-bond acceptors (Lipinski definition) is 4. The summed E-state index contributed by atoms with van der Waals surface area (Å²) in [6.45, 7) is 3.40. The highest BCUT2D eigenvalue weighted by Gasteiger charge is 2.34. The maximum atomic E-state index is 12.6. The zero-order valence-corrected chi connectivity index (χ0v) is 12.2. The van der Waals surface area contributed by atoms with Gasteiger partial charge in [-0.25, -0.2) is 13.2 Å². The number of carboxylic acids is 1. The minimum atomic E-state index is -3.79. The average Bonchev–Trinajstić information content (AvgIpc) is 2.65. The fourth-order valence-electron chi connectivity index (χ4n) is 2.60. The standard InChI is InChI=1S/C12H18N2O5S/c1-7-10(12(16)17)13-8(2)11(7)20(18,19)14-5-3-4-9(15)6-14/h9,13,15H,3-6H2,1-2H3,(H,16,17)/t9-/m0/s1. The van der Waals surface area contributed by atoms with E-state index < -0.39 is 22.1 Å². The van der Waals surface area contributed by atoms with Crippen LogP contribution in [0.3, 0.4) is 0 Å². The molecule has 1 saturated heterocycles. The zero-order chi connectivity index (χ0) is 15.1. The highest BCUT2D eigenvalue weighted by molar-refractivity contribution is 7.89. The zero-order valence-electron chi connectivity index (χ0n) is 11.4. The number of piperidine rings is 1. The summed E-state index contributed by atoms with van der Waals surface area (Å²) in [4.78, 5) is 13.7. The number of aliphatic hydroxyl groups is 1. The Morgan fingerprint density at radius 3 is 2.55 bits per heavy atom. The number of nitrogens with zero attached hydrogens (tertiary/aromatic N) is 1. The smallest absolute Gasteiger partial charge is 0.352 e. The molecule has 1 aliphatic heterocycles. The van der Waals surface area contributed by atoms with E-state index >= 15 is 0 Å². The second-order valence-electron chi connectivity index (χ2n) is 5.04. The van der Waals surface area contributed by atoms with E-state index in [1.54, 1.807) is 0 Å². The number of H-pyrrole nitrogens is 1. The third kappa shape index (κ3) is 2.46. The molecule has 7 nitrogen and oxygen atoms in total. The lowest BCUT2D eigenvalue weighted by Crippen LogP contribution is -2.42. The second kappa shape index (κ2) is 5.19. The lowest BCUT2D eigenvalue weighted by molar-refractivity contribution is 0.0690. The van der Waals surface area contributed by atoms with Crippen molar-refractivity contribution in [3.05, 3.63) is 17.0 Å². The Kier molecular flexibility index (Phi) is 3.90. The number of aromatic carboxylic acids is 1. The molecule has 8 heteroatoms. The first kappa shape index (κ1) is 15.0. The quantitative estimate of drug-likeness (QED) is 0.752. The number of nitrogens with one attached hydrogen (secondary N) is 1. The number of rotatable bonds is 3. The molecule has 2 rings (SSSR count). The monoisotopic (exact) mass is 302 g/mol. The molecule has 0 aromatic carbocycles. The van der Waals surface area contributed by atoms with Gasteiger partial charge in [0.05, 0.1) is 6.10 Å². The van der Waals surface area contributed by atoms with Gasteiger partial charge in [-0.05, 0) is 26.7 Å². The molecule has 0 bridgehead atoms. The summed E-state index contributed by atoms with van der Waals surface area (Å²) in [6, 6.07) is 0. The number of β-amino-alcohol motifs (C(OH)–C–C–N with tert-alkyl or cyclic N) is 1. The first-order valence-corrected chi connectivity index (χ1v) is 7.79. The summed E-state index contributed by atoms with van der Waals surface area (Å²) in [5, 5.41) is 18.7. The third-order valence-corrected chi connectivity index (χ3v) is 5.68. The van der Waals surface area contributed by atoms with Crippen LogP contribution < -0.4 is 0 Å². The summed E-state index contributed by atoms with van der Waals surface area (Å²) >= 11 is 0. The highest BCUT2D eigenvalue weighted by atomic mass is 32.2. The predicted molar refractivity (Wildman–Crippen MR) is 71.2 cm³/mol. The van der Waals surface area contributed by atoms with E-state index in [1.165, 1.54) is 18.2 Å². The number of aryl methyl sites for hydroxylation is 1. The van der Waals surface area contributed by atoms with E-state index in [1.807, 2.05) is 0 Å². The molecule has 20 heavy (non-hydrogen) atoms. The van der Waals surface area contributed by atoms with Gasteiger partial charge in [0.1, 0.15) is 10.6 Å². The van der Waals surface area contributed by atoms with Gasteiger partial charge in [-0.1, -0.05) is 0 Å². The molecule has 0 radical (unpaired) electrons. The molecular formula is C12H18N2O5S. The lowest BCUT2D eigenvalue weighted by atomic mass is 10.1. The second-order valence-corrected chi connectivity index (χ2v) is 6.92. The summed E-state index contributed by atoms with van der Waals surface area (Å²) in [7, 11) is -3.79. The number of carbonyl (C=O) groups is 1. The van der Waals surface area contributed by atoms with Crippen LogP contribution in [-0.2, 0) is 10.0 Å². The molecule has 0 amide bonds. The Morgan fingerprint density at radius 2 is 2.05 bits per heavy atom. The first-order chi connectivity index (χ1) is 9.25. The van der Waals surface area contributed by atoms with Crippen molar-refractivity contribution in [2.24, 2.45) is 0 Å². The minimum absolute atomic E-state index is 0.00370. The van der Waals surface area contributed by atoms with Gasteiger partial charge in [-0.15, -0.1) is 0 Å². The number of aromatic amines is 1. The van der Waals surface area contributed by atoms with Crippen molar-refractivity contribution in [2.45, 2.75) is 37.7 Å². The van der Waals surface area contributed by atoms with Gasteiger partial charge in [0, 0.05) is 24.3 Å². The maximum Gasteiger partial charge on any atom is 0.352 e. The molecule has 1 fully saturated rings. The topological polar surface area (TPSA) is 111 Å². The van der Waals surface area contributed by atoms with Gasteiger partial charge in [-0.3, -0.25) is 0 Å². The summed E-state index contributed by atoms with van der Waals surface area (Å²) in [6.07, 6.45) is 0.503. The Bertz CT molecular complexity index is 635. The van der Waals surface area contributed by atoms with E-state index in [0.717, 1.165) is 0 Å². The van der Waals surface area contributed by atoms with Crippen molar-refractivity contribution < 1.29 is 23.4 Å². The van der Waals surface area contributed by atoms with Crippen molar-refractivity contribution in [3.63, 3.8) is 0 Å². The molecule has 0 unspecified atom stereocenters. The van der Waals surface area contributed by atoms with Crippen molar-refractivity contribution >= 4 is 16.0 Å². The van der Waals surface area contributed by atoms with Crippen LogP contribution in [0.2, 0.25) is 0 Å². The molecule has 3 N–H and O–H groups in total. The van der Waals surface area contributed by atoms with Gasteiger partial charge < -0.3 is 15.2 Å². The largest absolute Gasteiger partial charge is 0.477 e. The van der Waals surface area contributed by atoms with Crippen LogP contribution in [0.25, 0.3) is 0 Å². The fourth-order valence-corrected chi connectivity index (χ4v) is 4.52. The molecule has 0 saturated carbocycles. The van der Waals surface area contributed by atoms with Gasteiger partial charge in [0.2, 0.25) is 10.0 Å². The van der Waals surface area contributed by atoms with Gasteiger partial charge in [0.25, 0.3) is 0 Å². The van der Waals surface area contributed by atoms with Crippen LogP contribution in [0.4, 0.5) is 0 Å². The van der Waals surface area contributed by atoms with Crippen LogP contribution in [0, 0.1) is 13.8 Å². The molecular weight excluding hydrogens is 284 g/mol. The van der Waals surface area contributed by atoms with Crippen LogP contribution in [0.15, 0.2) is 4.90 Å². The Hall–Kier alpha value is -1.38. The number of hydrogen-bond donors (Lipinski definition) is 3. The molecule has 1 aromatic rings.